The Morgan fingerprint density at radius 2 is 2.00 bits per heavy atom. The predicted octanol–water partition coefficient (Wildman–Crippen LogP) is 2.56. The number of halogens is 1. The monoisotopic (exact) mass is 260 g/mol. The molecule has 0 amide bonds. The second-order valence-electron chi connectivity index (χ2n) is 4.18. The SMILES string of the molecule is CN(Cc1ccncc1)c1cc(C(=O)O)ccc1F. The van der Waals surface area contributed by atoms with Gasteiger partial charge in [0.1, 0.15) is 5.82 Å². The third kappa shape index (κ3) is 3.07. The van der Waals surface area contributed by atoms with Gasteiger partial charge >= 0.3 is 5.97 Å². The van der Waals surface area contributed by atoms with Gasteiger partial charge in [0, 0.05) is 26.0 Å². The summed E-state index contributed by atoms with van der Waals surface area (Å²) >= 11 is 0. The van der Waals surface area contributed by atoms with Crippen LogP contribution in [0.5, 0.6) is 0 Å². The molecule has 0 aliphatic rings. The molecule has 0 spiro atoms. The van der Waals surface area contributed by atoms with E-state index in [1.54, 1.807) is 24.3 Å². The van der Waals surface area contributed by atoms with Crippen molar-refractivity contribution in [3.63, 3.8) is 0 Å². The summed E-state index contributed by atoms with van der Waals surface area (Å²) in [6, 6.07) is 7.41. The minimum absolute atomic E-state index is 0.0676. The standard InChI is InChI=1S/C14H13FN2O2/c1-17(9-10-4-6-16-7-5-10)13-8-11(14(18)19)2-3-12(13)15/h2-8H,9H2,1H3,(H,18,19). The van der Waals surface area contributed by atoms with Crippen LogP contribution < -0.4 is 4.90 Å². The third-order valence-electron chi connectivity index (χ3n) is 2.77. The van der Waals surface area contributed by atoms with E-state index < -0.39 is 11.8 Å². The average molecular weight is 260 g/mol. The highest BCUT2D eigenvalue weighted by atomic mass is 19.1. The van der Waals surface area contributed by atoms with Crippen molar-refractivity contribution in [3.05, 3.63) is 59.7 Å². The number of aromatic nitrogens is 1. The van der Waals surface area contributed by atoms with Crippen molar-refractivity contribution < 1.29 is 14.3 Å². The van der Waals surface area contributed by atoms with Gasteiger partial charge in [0.25, 0.3) is 0 Å². The van der Waals surface area contributed by atoms with Gasteiger partial charge in [-0.25, -0.2) is 9.18 Å². The van der Waals surface area contributed by atoms with Crippen LogP contribution in [0.25, 0.3) is 0 Å². The minimum atomic E-state index is -1.07. The van der Waals surface area contributed by atoms with Crippen LogP contribution in [0, 0.1) is 5.82 Å². The number of hydrogen-bond acceptors (Lipinski definition) is 3. The Labute approximate surface area is 110 Å². The number of rotatable bonds is 4. The Kier molecular flexibility index (Phi) is 3.75. The molecule has 1 N–H and O–H groups in total. The Morgan fingerprint density at radius 3 is 2.63 bits per heavy atom. The summed E-state index contributed by atoms with van der Waals surface area (Å²) in [5.74, 6) is -1.51. The van der Waals surface area contributed by atoms with E-state index in [2.05, 4.69) is 4.98 Å². The molecule has 1 aromatic carbocycles. The van der Waals surface area contributed by atoms with Crippen LogP contribution >= 0.6 is 0 Å². The summed E-state index contributed by atoms with van der Waals surface area (Å²) < 4.78 is 13.7. The highest BCUT2D eigenvalue weighted by Crippen LogP contribution is 2.21. The fourth-order valence-corrected chi connectivity index (χ4v) is 1.79. The highest BCUT2D eigenvalue weighted by Gasteiger charge is 2.12. The van der Waals surface area contributed by atoms with Gasteiger partial charge in [0.2, 0.25) is 0 Å². The molecule has 0 bridgehead atoms. The molecular formula is C14H13FN2O2. The van der Waals surface area contributed by atoms with Gasteiger partial charge in [-0.05, 0) is 35.9 Å². The van der Waals surface area contributed by atoms with Crippen LogP contribution in [0.1, 0.15) is 15.9 Å². The topological polar surface area (TPSA) is 53.4 Å². The molecule has 1 aromatic heterocycles. The highest BCUT2D eigenvalue weighted by molar-refractivity contribution is 5.88. The molecule has 0 aliphatic carbocycles. The predicted molar refractivity (Wildman–Crippen MR) is 69.7 cm³/mol. The summed E-state index contributed by atoms with van der Waals surface area (Å²) in [5.41, 5.74) is 1.30. The van der Waals surface area contributed by atoms with E-state index in [-0.39, 0.29) is 11.3 Å². The third-order valence-corrected chi connectivity index (χ3v) is 2.77. The van der Waals surface area contributed by atoms with Crippen LogP contribution in [0.2, 0.25) is 0 Å². The number of nitrogens with zero attached hydrogens (tertiary/aromatic N) is 2. The first-order valence-electron chi connectivity index (χ1n) is 5.71. The first kappa shape index (κ1) is 13.0. The summed E-state index contributed by atoms with van der Waals surface area (Å²) in [6.45, 7) is 0.475. The summed E-state index contributed by atoms with van der Waals surface area (Å²) in [5, 5.41) is 8.92. The van der Waals surface area contributed by atoms with Crippen LogP contribution in [0.15, 0.2) is 42.7 Å². The average Bonchev–Trinajstić information content (AvgIpc) is 2.40. The Morgan fingerprint density at radius 1 is 1.32 bits per heavy atom. The molecule has 4 nitrogen and oxygen atoms in total. The molecule has 0 unspecified atom stereocenters. The van der Waals surface area contributed by atoms with Crippen LogP contribution in [0.3, 0.4) is 0 Å². The van der Waals surface area contributed by atoms with Crippen molar-refractivity contribution in [1.82, 2.24) is 4.98 Å². The van der Waals surface area contributed by atoms with Crippen molar-refractivity contribution >= 4 is 11.7 Å². The molecule has 2 aromatic rings. The van der Waals surface area contributed by atoms with Crippen molar-refractivity contribution in [2.24, 2.45) is 0 Å². The van der Waals surface area contributed by atoms with Gasteiger partial charge in [-0.1, -0.05) is 0 Å². The van der Waals surface area contributed by atoms with Crippen LogP contribution in [-0.2, 0) is 6.54 Å². The van der Waals surface area contributed by atoms with Gasteiger partial charge < -0.3 is 10.0 Å². The second-order valence-corrected chi connectivity index (χ2v) is 4.18. The van der Waals surface area contributed by atoms with Crippen molar-refractivity contribution in [2.75, 3.05) is 11.9 Å². The van der Waals surface area contributed by atoms with E-state index in [9.17, 15) is 9.18 Å². The van der Waals surface area contributed by atoms with Gasteiger partial charge in [-0.15, -0.1) is 0 Å². The smallest absolute Gasteiger partial charge is 0.335 e. The van der Waals surface area contributed by atoms with Crippen LogP contribution in [0.4, 0.5) is 10.1 Å². The number of carboxylic acids is 1. The number of pyridine rings is 1. The minimum Gasteiger partial charge on any atom is -0.478 e. The lowest BCUT2D eigenvalue weighted by atomic mass is 10.1. The first-order chi connectivity index (χ1) is 9.08. The van der Waals surface area contributed by atoms with Gasteiger partial charge in [-0.3, -0.25) is 4.98 Å². The normalized spacial score (nSPS) is 10.2. The quantitative estimate of drug-likeness (QED) is 0.917. The summed E-state index contributed by atoms with van der Waals surface area (Å²) in [6.07, 6.45) is 3.32. The lowest BCUT2D eigenvalue weighted by molar-refractivity contribution is 0.0697. The zero-order chi connectivity index (χ0) is 13.8. The summed E-state index contributed by atoms with van der Waals surface area (Å²) in [7, 11) is 1.71. The Hall–Kier alpha value is -2.43. The molecule has 19 heavy (non-hydrogen) atoms. The lowest BCUT2D eigenvalue weighted by Gasteiger charge is -2.20. The second kappa shape index (κ2) is 5.48. The number of carboxylic acid groups (broad SMARTS) is 1. The number of anilines is 1. The number of carbonyl (C=O) groups is 1. The molecule has 0 atom stereocenters. The van der Waals surface area contributed by atoms with Crippen molar-refractivity contribution in [1.29, 1.82) is 0 Å². The Balaban J connectivity index is 2.25. The van der Waals surface area contributed by atoms with E-state index in [1.165, 1.54) is 18.2 Å². The van der Waals surface area contributed by atoms with Gasteiger partial charge in [-0.2, -0.15) is 0 Å². The molecule has 0 aliphatic heterocycles. The summed E-state index contributed by atoms with van der Waals surface area (Å²) in [4.78, 5) is 16.5. The molecule has 1 heterocycles. The number of benzene rings is 1. The maximum Gasteiger partial charge on any atom is 0.335 e. The van der Waals surface area contributed by atoms with Crippen molar-refractivity contribution in [2.45, 2.75) is 6.54 Å². The molecule has 0 saturated heterocycles. The van der Waals surface area contributed by atoms with Gasteiger partial charge in [0.05, 0.1) is 11.3 Å². The van der Waals surface area contributed by atoms with E-state index in [0.29, 0.717) is 6.54 Å². The molecule has 0 radical (unpaired) electrons. The van der Waals surface area contributed by atoms with E-state index in [1.807, 2.05) is 12.1 Å². The molecule has 2 rings (SSSR count). The zero-order valence-corrected chi connectivity index (χ0v) is 10.4. The molecular weight excluding hydrogens is 247 g/mol. The number of aromatic carboxylic acids is 1. The van der Waals surface area contributed by atoms with E-state index in [4.69, 9.17) is 5.11 Å². The van der Waals surface area contributed by atoms with E-state index >= 15 is 0 Å². The first-order valence-corrected chi connectivity index (χ1v) is 5.71. The molecule has 98 valence electrons. The lowest BCUT2D eigenvalue weighted by Crippen LogP contribution is -2.18. The van der Waals surface area contributed by atoms with Gasteiger partial charge in [0.15, 0.2) is 0 Å². The fourth-order valence-electron chi connectivity index (χ4n) is 1.79. The van der Waals surface area contributed by atoms with E-state index in [0.717, 1.165) is 5.56 Å². The van der Waals surface area contributed by atoms with Crippen LogP contribution in [-0.4, -0.2) is 23.1 Å². The maximum atomic E-state index is 13.7. The molecule has 5 heteroatoms. The fraction of sp³-hybridized carbons (Fsp3) is 0.143. The largest absolute Gasteiger partial charge is 0.478 e. The maximum absolute atomic E-state index is 13.7. The van der Waals surface area contributed by atoms with Crippen molar-refractivity contribution in [3.8, 4) is 0 Å². The Bertz CT molecular complexity index is 587. The molecule has 0 saturated carbocycles. The number of hydrogen-bond donors (Lipinski definition) is 1. The molecule has 0 fully saturated rings. The zero-order valence-electron chi connectivity index (χ0n) is 10.4.